The molecule has 2 N–H and O–H groups in total. The quantitative estimate of drug-likeness (QED) is 0.734. The van der Waals surface area contributed by atoms with Crippen molar-refractivity contribution < 1.29 is 17.9 Å². The van der Waals surface area contributed by atoms with Crippen LogP contribution in [-0.4, -0.2) is 27.4 Å². The second-order valence-electron chi connectivity index (χ2n) is 6.20. The van der Waals surface area contributed by atoms with E-state index in [1.165, 1.54) is 18.2 Å². The minimum Gasteiger partial charge on any atom is -0.406 e. The number of nitrogen functional groups attached to an aromatic ring is 1. The Kier molecular flexibility index (Phi) is 6.26. The van der Waals surface area contributed by atoms with Gasteiger partial charge in [-0.15, -0.1) is 13.2 Å². The topological polar surface area (TPSA) is 97.2 Å². The van der Waals surface area contributed by atoms with Crippen molar-refractivity contribution in [1.82, 2.24) is 14.5 Å². The molecular formula is C21H16F3N5O2. The van der Waals surface area contributed by atoms with Gasteiger partial charge in [-0.05, 0) is 42.5 Å². The van der Waals surface area contributed by atoms with E-state index in [4.69, 9.17) is 5.73 Å². The molecule has 2 heterocycles. The molecular weight excluding hydrogens is 411 g/mol. The first-order valence-electron chi connectivity index (χ1n) is 8.91. The van der Waals surface area contributed by atoms with Crippen LogP contribution >= 0.6 is 0 Å². The van der Waals surface area contributed by atoms with Crippen LogP contribution in [0.15, 0.2) is 71.8 Å². The summed E-state index contributed by atoms with van der Waals surface area (Å²) in [4.78, 5) is 18.0. The highest BCUT2D eigenvalue weighted by Crippen LogP contribution is 2.25. The molecule has 10 heteroatoms. The van der Waals surface area contributed by atoms with E-state index in [9.17, 15) is 23.2 Å². The van der Waals surface area contributed by atoms with Crippen LogP contribution in [0.2, 0.25) is 0 Å². The van der Waals surface area contributed by atoms with Gasteiger partial charge < -0.3 is 15.4 Å². The molecule has 3 rings (SSSR count). The standard InChI is InChI=1S/C21H16F3N5O2/c22-21(23,24)31-16-9-7-15(8-10-16)29-19(26)17(18(14-25)27-20(29)30)6-2-5-13-28-11-3-1-4-12-28/h1-11,13H,12,26H2. The third kappa shape index (κ3) is 5.42. The smallest absolute Gasteiger partial charge is 0.406 e. The van der Waals surface area contributed by atoms with Gasteiger partial charge in [0.15, 0.2) is 5.69 Å². The molecule has 0 radical (unpaired) electrons. The van der Waals surface area contributed by atoms with Gasteiger partial charge in [0.05, 0.1) is 11.3 Å². The van der Waals surface area contributed by atoms with E-state index in [2.05, 4.69) is 9.72 Å². The first-order chi connectivity index (χ1) is 14.8. The van der Waals surface area contributed by atoms with Crippen molar-refractivity contribution in [3.8, 4) is 17.5 Å². The zero-order chi connectivity index (χ0) is 22.4. The molecule has 1 aromatic heterocycles. The predicted octanol–water partition coefficient (Wildman–Crippen LogP) is 3.50. The maximum atomic E-state index is 12.4. The van der Waals surface area contributed by atoms with Gasteiger partial charge >= 0.3 is 12.1 Å². The monoisotopic (exact) mass is 427 g/mol. The number of hydrogen-bond acceptors (Lipinski definition) is 6. The fraction of sp³-hybridized carbons (Fsp3) is 0.0952. The number of halogens is 3. The maximum absolute atomic E-state index is 12.4. The molecule has 0 saturated carbocycles. The number of anilines is 1. The Labute approximate surface area is 175 Å². The summed E-state index contributed by atoms with van der Waals surface area (Å²) < 4.78 is 41.8. The first kappa shape index (κ1) is 21.4. The number of nitrogens with zero attached hydrogens (tertiary/aromatic N) is 4. The van der Waals surface area contributed by atoms with Crippen LogP contribution in [-0.2, 0) is 0 Å². The number of hydrogen-bond donors (Lipinski definition) is 1. The number of alkyl halides is 3. The number of nitriles is 1. The highest BCUT2D eigenvalue weighted by atomic mass is 19.4. The molecule has 1 aliphatic heterocycles. The second kappa shape index (κ2) is 9.04. The molecule has 0 bridgehead atoms. The van der Waals surface area contributed by atoms with E-state index in [1.54, 1.807) is 12.2 Å². The number of rotatable bonds is 5. The molecule has 2 aromatic rings. The average molecular weight is 427 g/mol. The van der Waals surface area contributed by atoms with Crippen LogP contribution in [0, 0.1) is 11.3 Å². The second-order valence-corrected chi connectivity index (χ2v) is 6.20. The van der Waals surface area contributed by atoms with Gasteiger partial charge in [-0.25, -0.2) is 9.36 Å². The van der Waals surface area contributed by atoms with Crippen LogP contribution in [0.1, 0.15) is 11.3 Å². The minimum absolute atomic E-state index is 0.0773. The van der Waals surface area contributed by atoms with Gasteiger partial charge in [-0.2, -0.15) is 10.2 Å². The van der Waals surface area contributed by atoms with E-state index in [1.807, 2.05) is 41.6 Å². The first-order valence-corrected chi connectivity index (χ1v) is 8.91. The summed E-state index contributed by atoms with van der Waals surface area (Å²) in [6.07, 6.45) is 9.53. The molecule has 0 fully saturated rings. The van der Waals surface area contributed by atoms with Crippen molar-refractivity contribution in [3.63, 3.8) is 0 Å². The van der Waals surface area contributed by atoms with E-state index >= 15 is 0 Å². The normalized spacial score (nSPS) is 13.8. The highest BCUT2D eigenvalue weighted by Gasteiger charge is 2.31. The molecule has 0 spiro atoms. The number of ether oxygens (including phenoxy) is 1. The summed E-state index contributed by atoms with van der Waals surface area (Å²) in [5, 5.41) is 9.32. The number of aromatic nitrogens is 2. The average Bonchev–Trinajstić information content (AvgIpc) is 2.73. The lowest BCUT2D eigenvalue weighted by Gasteiger charge is -2.14. The Morgan fingerprint density at radius 1 is 1.19 bits per heavy atom. The lowest BCUT2D eigenvalue weighted by atomic mass is 10.2. The molecule has 0 saturated heterocycles. The summed E-state index contributed by atoms with van der Waals surface area (Å²) in [5.41, 5.74) is 5.49. The van der Waals surface area contributed by atoms with Crippen LogP contribution in [0.25, 0.3) is 11.8 Å². The summed E-state index contributed by atoms with van der Waals surface area (Å²) in [6.45, 7) is 0.715. The van der Waals surface area contributed by atoms with E-state index in [0.29, 0.717) is 6.54 Å². The molecule has 1 aromatic carbocycles. The molecule has 0 amide bonds. The minimum atomic E-state index is -4.83. The van der Waals surface area contributed by atoms with Gasteiger partial charge in [0.2, 0.25) is 0 Å². The lowest BCUT2D eigenvalue weighted by Crippen LogP contribution is -2.26. The Balaban J connectivity index is 1.92. The van der Waals surface area contributed by atoms with Crippen molar-refractivity contribution in [1.29, 1.82) is 5.26 Å². The third-order valence-corrected chi connectivity index (χ3v) is 4.10. The Morgan fingerprint density at radius 2 is 1.94 bits per heavy atom. The number of benzene rings is 1. The van der Waals surface area contributed by atoms with Crippen molar-refractivity contribution in [2.75, 3.05) is 12.3 Å². The Bertz CT molecular complexity index is 1170. The Morgan fingerprint density at radius 3 is 2.55 bits per heavy atom. The highest BCUT2D eigenvalue weighted by molar-refractivity contribution is 5.68. The van der Waals surface area contributed by atoms with Crippen LogP contribution < -0.4 is 16.2 Å². The Hall–Kier alpha value is -4.26. The zero-order valence-corrected chi connectivity index (χ0v) is 16.0. The van der Waals surface area contributed by atoms with Crippen molar-refractivity contribution in [3.05, 3.63) is 88.8 Å². The fourth-order valence-corrected chi connectivity index (χ4v) is 2.75. The van der Waals surface area contributed by atoms with E-state index in [0.717, 1.165) is 16.7 Å². The molecule has 158 valence electrons. The SMILES string of the molecule is N#Cc1nc(=O)n(-c2ccc(OC(F)(F)F)cc2)c(N)c1C=CC=CN1C=CC=CC1. The molecule has 31 heavy (non-hydrogen) atoms. The van der Waals surface area contributed by atoms with Crippen LogP contribution in [0.4, 0.5) is 19.0 Å². The molecule has 0 unspecified atom stereocenters. The van der Waals surface area contributed by atoms with Gasteiger partial charge in [0.25, 0.3) is 0 Å². The largest absolute Gasteiger partial charge is 0.573 e. The summed E-state index contributed by atoms with van der Waals surface area (Å²) in [6, 6.07) is 6.38. The molecule has 0 aliphatic carbocycles. The van der Waals surface area contributed by atoms with E-state index in [-0.39, 0.29) is 22.8 Å². The maximum Gasteiger partial charge on any atom is 0.573 e. The predicted molar refractivity (Wildman–Crippen MR) is 109 cm³/mol. The van der Waals surface area contributed by atoms with Gasteiger partial charge in [0.1, 0.15) is 17.6 Å². The molecule has 7 nitrogen and oxygen atoms in total. The summed E-state index contributed by atoms with van der Waals surface area (Å²) in [7, 11) is 0. The van der Waals surface area contributed by atoms with Gasteiger partial charge in [-0.1, -0.05) is 18.2 Å². The van der Waals surface area contributed by atoms with Gasteiger partial charge in [0, 0.05) is 18.9 Å². The van der Waals surface area contributed by atoms with Crippen molar-refractivity contribution in [2.24, 2.45) is 0 Å². The van der Waals surface area contributed by atoms with E-state index < -0.39 is 17.8 Å². The fourth-order valence-electron chi connectivity index (χ4n) is 2.75. The summed E-state index contributed by atoms with van der Waals surface area (Å²) >= 11 is 0. The van der Waals surface area contributed by atoms with Gasteiger partial charge in [-0.3, -0.25) is 0 Å². The molecule has 0 atom stereocenters. The van der Waals surface area contributed by atoms with Crippen LogP contribution in [0.5, 0.6) is 5.75 Å². The zero-order valence-electron chi connectivity index (χ0n) is 16.0. The lowest BCUT2D eigenvalue weighted by molar-refractivity contribution is -0.274. The summed E-state index contributed by atoms with van der Waals surface area (Å²) in [5.74, 6) is -0.525. The van der Waals surface area contributed by atoms with Crippen LogP contribution in [0.3, 0.4) is 0 Å². The number of nitrogens with two attached hydrogens (primary N) is 1. The van der Waals surface area contributed by atoms with Crippen molar-refractivity contribution >= 4 is 11.9 Å². The molecule has 1 aliphatic rings. The number of allylic oxidation sites excluding steroid dienone is 4. The van der Waals surface area contributed by atoms with Crippen molar-refractivity contribution in [2.45, 2.75) is 6.36 Å². The third-order valence-electron chi connectivity index (χ3n) is 4.10.